The molecular weight excluding hydrogens is 316 g/mol. The van der Waals surface area contributed by atoms with Gasteiger partial charge in [0.2, 0.25) is 5.95 Å². The van der Waals surface area contributed by atoms with Gasteiger partial charge in [-0.05, 0) is 50.1 Å². The number of ether oxygens (including phenoxy) is 2. The van der Waals surface area contributed by atoms with Gasteiger partial charge in [0.15, 0.2) is 11.5 Å². The number of methoxy groups -OCH3 is 2. The van der Waals surface area contributed by atoms with Crippen LogP contribution >= 0.6 is 0 Å². The summed E-state index contributed by atoms with van der Waals surface area (Å²) in [7, 11) is 3.33. The Hall–Kier alpha value is -2.34. The molecule has 1 atom stereocenters. The van der Waals surface area contributed by atoms with Crippen LogP contribution in [0.1, 0.15) is 24.1 Å². The van der Waals surface area contributed by atoms with Crippen molar-refractivity contribution in [3.63, 3.8) is 0 Å². The van der Waals surface area contributed by atoms with Gasteiger partial charge in [0.05, 0.1) is 14.2 Å². The monoisotopic (exact) mass is 342 g/mol. The van der Waals surface area contributed by atoms with E-state index in [9.17, 15) is 0 Å². The number of benzene rings is 1. The van der Waals surface area contributed by atoms with Crippen molar-refractivity contribution in [1.82, 2.24) is 14.9 Å². The number of hydrogen-bond acceptors (Lipinski definition) is 6. The van der Waals surface area contributed by atoms with Gasteiger partial charge >= 0.3 is 0 Å². The summed E-state index contributed by atoms with van der Waals surface area (Å²) in [4.78, 5) is 11.2. The smallest absolute Gasteiger partial charge is 0.223 e. The predicted molar refractivity (Wildman–Crippen MR) is 98.2 cm³/mol. The Morgan fingerprint density at radius 3 is 2.80 bits per heavy atom. The number of anilines is 1. The molecule has 3 rings (SSSR count). The third-order valence-electron chi connectivity index (χ3n) is 4.49. The molecule has 6 heteroatoms. The maximum absolute atomic E-state index is 5.40. The average Bonchev–Trinajstić information content (AvgIpc) is 2.62. The molecule has 6 nitrogen and oxygen atoms in total. The second kappa shape index (κ2) is 8.16. The minimum Gasteiger partial charge on any atom is -0.493 e. The van der Waals surface area contributed by atoms with Crippen LogP contribution in [0.4, 0.5) is 5.95 Å². The Balaban J connectivity index is 1.61. The molecule has 1 saturated heterocycles. The second-order valence-corrected chi connectivity index (χ2v) is 6.43. The summed E-state index contributed by atoms with van der Waals surface area (Å²) in [6.07, 6.45) is 4.10. The molecule has 0 radical (unpaired) electrons. The number of nitrogens with one attached hydrogen (secondary N) is 1. The highest BCUT2D eigenvalue weighted by Crippen LogP contribution is 2.28. The fourth-order valence-corrected chi connectivity index (χ4v) is 3.26. The molecule has 1 unspecified atom stereocenters. The van der Waals surface area contributed by atoms with Gasteiger partial charge in [-0.3, -0.25) is 4.90 Å². The Kier molecular flexibility index (Phi) is 5.71. The first kappa shape index (κ1) is 17.5. The molecule has 1 aromatic carbocycles. The molecule has 0 spiro atoms. The van der Waals surface area contributed by atoms with Crippen LogP contribution in [0.25, 0.3) is 0 Å². The first-order chi connectivity index (χ1) is 12.2. The summed E-state index contributed by atoms with van der Waals surface area (Å²) in [6.45, 7) is 4.96. The molecular formula is C19H26N4O2. The van der Waals surface area contributed by atoms with Crippen LogP contribution in [0.2, 0.25) is 0 Å². The van der Waals surface area contributed by atoms with E-state index < -0.39 is 0 Å². The van der Waals surface area contributed by atoms with E-state index >= 15 is 0 Å². The highest BCUT2D eigenvalue weighted by atomic mass is 16.5. The van der Waals surface area contributed by atoms with E-state index in [1.165, 1.54) is 5.56 Å². The zero-order chi connectivity index (χ0) is 17.6. The van der Waals surface area contributed by atoms with E-state index in [1.54, 1.807) is 20.4 Å². The second-order valence-electron chi connectivity index (χ2n) is 6.43. The quantitative estimate of drug-likeness (QED) is 0.871. The Morgan fingerprint density at radius 2 is 2.04 bits per heavy atom. The molecule has 1 aliphatic rings. The SMILES string of the molecule is COc1ccc(CN2CCCC(Nc3nccc(C)n3)C2)cc1OC. The van der Waals surface area contributed by atoms with E-state index in [-0.39, 0.29) is 0 Å². The largest absolute Gasteiger partial charge is 0.493 e. The van der Waals surface area contributed by atoms with Crippen molar-refractivity contribution in [2.75, 3.05) is 32.6 Å². The van der Waals surface area contributed by atoms with Gasteiger partial charge in [0.25, 0.3) is 0 Å². The molecule has 0 bridgehead atoms. The van der Waals surface area contributed by atoms with Crippen LogP contribution in [0.15, 0.2) is 30.5 Å². The van der Waals surface area contributed by atoms with Crippen LogP contribution < -0.4 is 14.8 Å². The summed E-state index contributed by atoms with van der Waals surface area (Å²) >= 11 is 0. The standard InChI is InChI=1S/C19H26N4O2/c1-14-8-9-20-19(21-14)22-16-5-4-10-23(13-16)12-15-6-7-17(24-2)18(11-15)25-3/h6-9,11,16H,4-5,10,12-13H2,1-3H3,(H,20,21,22). The third-order valence-corrected chi connectivity index (χ3v) is 4.49. The summed E-state index contributed by atoms with van der Waals surface area (Å²) in [5, 5.41) is 3.47. The van der Waals surface area contributed by atoms with Crippen molar-refractivity contribution < 1.29 is 9.47 Å². The summed E-state index contributed by atoms with van der Waals surface area (Å²) in [5.74, 6) is 2.26. The molecule has 1 aromatic heterocycles. The molecule has 1 aliphatic heterocycles. The number of rotatable bonds is 6. The van der Waals surface area contributed by atoms with E-state index in [0.717, 1.165) is 55.6 Å². The van der Waals surface area contributed by atoms with Crippen molar-refractivity contribution in [3.05, 3.63) is 41.7 Å². The van der Waals surface area contributed by atoms with Crippen LogP contribution in [0, 0.1) is 6.92 Å². The summed E-state index contributed by atoms with van der Waals surface area (Å²) in [6, 6.07) is 8.40. The molecule has 1 fully saturated rings. The first-order valence-corrected chi connectivity index (χ1v) is 8.67. The van der Waals surface area contributed by atoms with Crippen LogP contribution in [0.5, 0.6) is 11.5 Å². The molecule has 0 saturated carbocycles. The Labute approximate surface area is 149 Å². The van der Waals surface area contributed by atoms with E-state index in [1.807, 2.05) is 19.1 Å². The molecule has 134 valence electrons. The highest BCUT2D eigenvalue weighted by molar-refractivity contribution is 5.42. The van der Waals surface area contributed by atoms with Crippen molar-refractivity contribution in [2.45, 2.75) is 32.4 Å². The maximum Gasteiger partial charge on any atom is 0.223 e. The topological polar surface area (TPSA) is 59.5 Å². The number of hydrogen-bond donors (Lipinski definition) is 1. The van der Waals surface area contributed by atoms with Crippen LogP contribution in [-0.2, 0) is 6.54 Å². The lowest BCUT2D eigenvalue weighted by molar-refractivity contribution is 0.208. The van der Waals surface area contributed by atoms with E-state index in [2.05, 4.69) is 32.3 Å². The lowest BCUT2D eigenvalue weighted by Gasteiger charge is -2.33. The molecule has 0 aliphatic carbocycles. The Bertz CT molecular complexity index is 708. The molecule has 25 heavy (non-hydrogen) atoms. The highest BCUT2D eigenvalue weighted by Gasteiger charge is 2.21. The fourth-order valence-electron chi connectivity index (χ4n) is 3.26. The molecule has 2 aromatic rings. The van der Waals surface area contributed by atoms with Gasteiger partial charge in [0, 0.05) is 31.0 Å². The average molecular weight is 342 g/mol. The van der Waals surface area contributed by atoms with Gasteiger partial charge < -0.3 is 14.8 Å². The number of piperidine rings is 1. The zero-order valence-corrected chi connectivity index (χ0v) is 15.2. The maximum atomic E-state index is 5.40. The third kappa shape index (κ3) is 4.60. The summed E-state index contributed by atoms with van der Waals surface area (Å²) < 4.78 is 10.7. The van der Waals surface area contributed by atoms with Crippen LogP contribution in [-0.4, -0.2) is 48.2 Å². The van der Waals surface area contributed by atoms with E-state index in [0.29, 0.717) is 6.04 Å². The van der Waals surface area contributed by atoms with Gasteiger partial charge in [0.1, 0.15) is 0 Å². The fraction of sp³-hybridized carbons (Fsp3) is 0.474. The predicted octanol–water partition coefficient (Wildman–Crippen LogP) is 2.88. The van der Waals surface area contributed by atoms with Gasteiger partial charge in [-0.1, -0.05) is 6.07 Å². The number of likely N-dealkylation sites (tertiary alicyclic amines) is 1. The normalized spacial score (nSPS) is 18.0. The van der Waals surface area contributed by atoms with Gasteiger partial charge in [-0.25, -0.2) is 9.97 Å². The number of nitrogens with zero attached hydrogens (tertiary/aromatic N) is 3. The Morgan fingerprint density at radius 1 is 1.20 bits per heavy atom. The zero-order valence-electron chi connectivity index (χ0n) is 15.2. The first-order valence-electron chi connectivity index (χ1n) is 8.67. The number of aryl methyl sites for hydroxylation is 1. The number of aromatic nitrogens is 2. The van der Waals surface area contributed by atoms with Crippen molar-refractivity contribution >= 4 is 5.95 Å². The minimum atomic E-state index is 0.371. The van der Waals surface area contributed by atoms with Crippen LogP contribution in [0.3, 0.4) is 0 Å². The lowest BCUT2D eigenvalue weighted by Crippen LogP contribution is -2.41. The van der Waals surface area contributed by atoms with E-state index in [4.69, 9.17) is 9.47 Å². The molecule has 2 heterocycles. The van der Waals surface area contributed by atoms with Crippen molar-refractivity contribution in [2.24, 2.45) is 0 Å². The minimum absolute atomic E-state index is 0.371. The van der Waals surface area contributed by atoms with Crippen molar-refractivity contribution in [3.8, 4) is 11.5 Å². The summed E-state index contributed by atoms with van der Waals surface area (Å²) in [5.41, 5.74) is 2.21. The van der Waals surface area contributed by atoms with Gasteiger partial charge in [-0.2, -0.15) is 0 Å². The molecule has 0 amide bonds. The van der Waals surface area contributed by atoms with Gasteiger partial charge in [-0.15, -0.1) is 0 Å². The lowest BCUT2D eigenvalue weighted by atomic mass is 10.0. The van der Waals surface area contributed by atoms with Crippen molar-refractivity contribution in [1.29, 1.82) is 0 Å². The molecule has 1 N–H and O–H groups in total.